The van der Waals surface area contributed by atoms with E-state index in [1.807, 2.05) is 6.07 Å². The Morgan fingerprint density at radius 2 is 2.08 bits per heavy atom. The van der Waals surface area contributed by atoms with Gasteiger partial charge in [-0.3, -0.25) is 0 Å². The van der Waals surface area contributed by atoms with Crippen LogP contribution in [0.5, 0.6) is 5.75 Å². The van der Waals surface area contributed by atoms with Crippen molar-refractivity contribution in [1.82, 2.24) is 4.57 Å². The van der Waals surface area contributed by atoms with Crippen LogP contribution in [0, 0.1) is 11.3 Å². The first-order valence-corrected chi connectivity index (χ1v) is 7.02. The van der Waals surface area contributed by atoms with Crippen LogP contribution in [0.4, 0.5) is 18.9 Å². The van der Waals surface area contributed by atoms with Crippen molar-refractivity contribution in [2.75, 3.05) is 12.8 Å². The highest BCUT2D eigenvalue weighted by Crippen LogP contribution is 2.33. The number of esters is 1. The van der Waals surface area contributed by atoms with Crippen molar-refractivity contribution in [3.8, 4) is 17.5 Å². The lowest BCUT2D eigenvalue weighted by Gasteiger charge is -2.13. The van der Waals surface area contributed by atoms with E-state index >= 15 is 0 Å². The molecule has 1 aromatic heterocycles. The van der Waals surface area contributed by atoms with E-state index in [1.54, 1.807) is 0 Å². The summed E-state index contributed by atoms with van der Waals surface area (Å²) >= 11 is 3.11. The molecule has 0 aliphatic heterocycles. The first-order chi connectivity index (χ1) is 11.2. The summed E-state index contributed by atoms with van der Waals surface area (Å²) in [6.07, 6.45) is -3.55. The van der Waals surface area contributed by atoms with Crippen molar-refractivity contribution in [2.24, 2.45) is 0 Å². The summed E-state index contributed by atoms with van der Waals surface area (Å²) < 4.78 is 46.7. The minimum atomic E-state index is -4.83. The second kappa shape index (κ2) is 6.45. The zero-order valence-electron chi connectivity index (χ0n) is 12.0. The van der Waals surface area contributed by atoms with Crippen molar-refractivity contribution < 1.29 is 27.4 Å². The molecule has 0 saturated carbocycles. The number of alkyl halides is 3. The maximum atomic E-state index is 12.3. The monoisotopic (exact) mass is 403 g/mol. The quantitative estimate of drug-likeness (QED) is 0.793. The molecule has 1 heterocycles. The van der Waals surface area contributed by atoms with Gasteiger partial charge in [0.2, 0.25) is 0 Å². The number of halogens is 4. The number of aromatic nitrogens is 1. The second-order valence-electron chi connectivity index (χ2n) is 4.44. The number of ether oxygens (including phenoxy) is 2. The Morgan fingerprint density at radius 1 is 1.42 bits per heavy atom. The Bertz CT molecular complexity index is 840. The highest BCUT2D eigenvalue weighted by Gasteiger charge is 2.31. The molecule has 0 bridgehead atoms. The number of anilines is 1. The van der Waals surface area contributed by atoms with E-state index in [9.17, 15) is 18.0 Å². The number of nitriles is 1. The molecule has 0 atom stereocenters. The number of nitrogens with two attached hydrogens (primary N) is 1. The fourth-order valence-electron chi connectivity index (χ4n) is 1.98. The average Bonchev–Trinajstić information content (AvgIpc) is 2.81. The van der Waals surface area contributed by atoms with Crippen LogP contribution < -0.4 is 10.5 Å². The van der Waals surface area contributed by atoms with Crippen LogP contribution in [-0.4, -0.2) is 24.0 Å². The highest BCUT2D eigenvalue weighted by molar-refractivity contribution is 9.10. The van der Waals surface area contributed by atoms with Crippen LogP contribution in [0.15, 0.2) is 28.9 Å². The summed E-state index contributed by atoms with van der Waals surface area (Å²) in [6, 6.07) is 5.24. The van der Waals surface area contributed by atoms with Crippen LogP contribution in [-0.2, 0) is 4.74 Å². The van der Waals surface area contributed by atoms with Gasteiger partial charge in [-0.05, 0) is 34.1 Å². The molecule has 0 aliphatic carbocycles. The summed E-state index contributed by atoms with van der Waals surface area (Å²) in [4.78, 5) is 11.9. The Hall–Kier alpha value is -2.67. The van der Waals surface area contributed by atoms with Crippen molar-refractivity contribution in [1.29, 1.82) is 5.26 Å². The minimum absolute atomic E-state index is 0.0259. The predicted octanol–water partition coefficient (Wildman–Crippen LogP) is 3.38. The van der Waals surface area contributed by atoms with Gasteiger partial charge in [0.05, 0.1) is 24.0 Å². The number of carbonyl (C=O) groups excluding carboxylic acids is 1. The van der Waals surface area contributed by atoms with Gasteiger partial charge in [-0.2, -0.15) is 5.26 Å². The number of benzene rings is 1. The maximum absolute atomic E-state index is 12.3. The molecule has 0 fully saturated rings. The lowest BCUT2D eigenvalue weighted by molar-refractivity contribution is -0.274. The Balaban J connectivity index is 2.57. The van der Waals surface area contributed by atoms with E-state index in [1.165, 1.54) is 16.8 Å². The molecular weight excluding hydrogens is 395 g/mol. The van der Waals surface area contributed by atoms with Crippen LogP contribution in [0.25, 0.3) is 5.69 Å². The minimum Gasteiger partial charge on any atom is -0.464 e. The predicted molar refractivity (Wildman–Crippen MR) is 80.6 cm³/mol. The van der Waals surface area contributed by atoms with E-state index in [4.69, 9.17) is 11.0 Å². The summed E-state index contributed by atoms with van der Waals surface area (Å²) in [5.74, 6) is -1.24. The lowest BCUT2D eigenvalue weighted by Crippen LogP contribution is -2.17. The smallest absolute Gasteiger partial charge is 0.464 e. The van der Waals surface area contributed by atoms with Gasteiger partial charge in [0, 0.05) is 10.7 Å². The van der Waals surface area contributed by atoms with E-state index in [0.29, 0.717) is 0 Å². The molecule has 1 aromatic carbocycles. The number of nitrogens with zero attached hydrogens (tertiary/aromatic N) is 2. The van der Waals surface area contributed by atoms with Crippen LogP contribution >= 0.6 is 15.9 Å². The molecule has 10 heteroatoms. The molecule has 24 heavy (non-hydrogen) atoms. The number of hydrogen-bond acceptors (Lipinski definition) is 5. The first-order valence-electron chi connectivity index (χ1n) is 6.23. The van der Waals surface area contributed by atoms with Crippen LogP contribution in [0.1, 0.15) is 16.1 Å². The molecular formula is C14H9BrF3N3O3. The number of rotatable bonds is 3. The van der Waals surface area contributed by atoms with Crippen molar-refractivity contribution in [3.63, 3.8) is 0 Å². The van der Waals surface area contributed by atoms with Gasteiger partial charge in [-0.15, -0.1) is 13.2 Å². The largest absolute Gasteiger partial charge is 0.573 e. The van der Waals surface area contributed by atoms with Gasteiger partial charge in [0.15, 0.2) is 5.69 Å². The van der Waals surface area contributed by atoms with E-state index in [2.05, 4.69) is 25.4 Å². The van der Waals surface area contributed by atoms with Gasteiger partial charge >= 0.3 is 12.3 Å². The van der Waals surface area contributed by atoms with E-state index < -0.39 is 18.1 Å². The summed E-state index contributed by atoms with van der Waals surface area (Å²) in [6.45, 7) is 0. The fourth-order valence-corrected chi connectivity index (χ4v) is 2.53. The van der Waals surface area contributed by atoms with Crippen LogP contribution in [0.2, 0.25) is 0 Å². The summed E-state index contributed by atoms with van der Waals surface area (Å²) in [7, 11) is 1.14. The Kier molecular flexibility index (Phi) is 4.75. The zero-order valence-corrected chi connectivity index (χ0v) is 13.6. The lowest BCUT2D eigenvalue weighted by atomic mass is 10.2. The van der Waals surface area contributed by atoms with Gasteiger partial charge in [-0.25, -0.2) is 4.79 Å². The molecule has 2 rings (SSSR count). The van der Waals surface area contributed by atoms with Gasteiger partial charge in [-0.1, -0.05) is 0 Å². The molecule has 2 N–H and O–H groups in total. The zero-order chi connectivity index (χ0) is 18.1. The Morgan fingerprint density at radius 3 is 2.58 bits per heavy atom. The van der Waals surface area contributed by atoms with Gasteiger partial charge in [0.25, 0.3) is 0 Å². The second-order valence-corrected chi connectivity index (χ2v) is 5.29. The molecule has 0 unspecified atom stereocenters. The van der Waals surface area contributed by atoms with E-state index in [-0.39, 0.29) is 27.1 Å². The topological polar surface area (TPSA) is 90.3 Å². The van der Waals surface area contributed by atoms with Gasteiger partial charge < -0.3 is 19.8 Å². The van der Waals surface area contributed by atoms with E-state index in [0.717, 1.165) is 19.2 Å². The first kappa shape index (κ1) is 17.7. The molecule has 6 nitrogen and oxygen atoms in total. The Labute approximate surface area is 142 Å². The van der Waals surface area contributed by atoms with Crippen molar-refractivity contribution in [3.05, 3.63) is 40.1 Å². The number of nitrogen functional groups attached to an aromatic ring is 1. The number of hydrogen-bond donors (Lipinski definition) is 1. The van der Waals surface area contributed by atoms with Crippen LogP contribution in [0.3, 0.4) is 0 Å². The number of carbonyl (C=O) groups is 1. The van der Waals surface area contributed by atoms with Gasteiger partial charge in [0.1, 0.15) is 11.8 Å². The SMILES string of the molecule is COC(=O)c1c(N)c(C#N)cn1-c1ccc(OC(F)(F)F)cc1Br. The van der Waals surface area contributed by atoms with Crippen molar-refractivity contribution >= 4 is 27.6 Å². The molecule has 2 aromatic rings. The number of methoxy groups -OCH3 is 1. The van der Waals surface area contributed by atoms with Crippen molar-refractivity contribution in [2.45, 2.75) is 6.36 Å². The molecule has 0 saturated heterocycles. The maximum Gasteiger partial charge on any atom is 0.573 e. The summed E-state index contributed by atoms with van der Waals surface area (Å²) in [5, 5.41) is 9.05. The molecule has 0 aliphatic rings. The summed E-state index contributed by atoms with van der Waals surface area (Å²) in [5.41, 5.74) is 5.86. The third-order valence-corrected chi connectivity index (χ3v) is 3.59. The molecule has 0 radical (unpaired) electrons. The molecule has 126 valence electrons. The fraction of sp³-hybridized carbons (Fsp3) is 0.143. The molecule has 0 amide bonds. The normalized spacial score (nSPS) is 11.0. The third kappa shape index (κ3) is 3.46. The third-order valence-electron chi connectivity index (χ3n) is 2.96. The molecule has 0 spiro atoms. The standard InChI is InChI=1S/C14H9BrF3N3O3/c1-23-13(22)12-11(20)7(5-19)6-21(12)10-3-2-8(4-9(10)15)24-14(16,17)18/h2-4,6H,20H2,1H3. The average molecular weight is 404 g/mol. The highest BCUT2D eigenvalue weighted by atomic mass is 79.9.